The predicted molar refractivity (Wildman–Crippen MR) is 70.2 cm³/mol. The van der Waals surface area contributed by atoms with E-state index < -0.39 is 0 Å². The van der Waals surface area contributed by atoms with Gasteiger partial charge in [-0.05, 0) is 31.7 Å². The Morgan fingerprint density at radius 3 is 2.31 bits per heavy atom. The number of thiophene rings is 1. The van der Waals surface area contributed by atoms with Crippen molar-refractivity contribution in [2.24, 2.45) is 5.41 Å². The van der Waals surface area contributed by atoms with E-state index in [1.54, 1.807) is 11.3 Å². The summed E-state index contributed by atoms with van der Waals surface area (Å²) >= 11 is 1.63. The molecular weight excluding hydrogens is 218 g/mol. The van der Waals surface area contributed by atoms with Crippen LogP contribution in [0, 0.1) is 19.3 Å². The van der Waals surface area contributed by atoms with Crippen LogP contribution in [0.5, 0.6) is 0 Å². The Morgan fingerprint density at radius 1 is 1.38 bits per heavy atom. The van der Waals surface area contributed by atoms with E-state index in [0.717, 1.165) is 11.1 Å². The normalized spacial score (nSPS) is 13.6. The fourth-order valence-electron chi connectivity index (χ4n) is 1.23. The van der Waals surface area contributed by atoms with Gasteiger partial charge in [0.1, 0.15) is 0 Å². The summed E-state index contributed by atoms with van der Waals surface area (Å²) in [4.78, 5) is 13.2. The lowest BCUT2D eigenvalue weighted by Crippen LogP contribution is -2.41. The first-order chi connectivity index (χ1) is 7.23. The fourth-order valence-corrected chi connectivity index (χ4v) is 2.09. The quantitative estimate of drug-likeness (QED) is 0.840. The number of amides is 1. The molecule has 0 radical (unpaired) electrons. The SMILES string of the molecule is Cc1scc(C(=O)NC(C)C(C)(C)C)c1C. The van der Waals surface area contributed by atoms with Crippen LogP contribution in [0.25, 0.3) is 0 Å². The van der Waals surface area contributed by atoms with Crippen molar-refractivity contribution in [1.29, 1.82) is 0 Å². The molecule has 0 fully saturated rings. The third-order valence-corrected chi connectivity index (χ3v) is 4.19. The van der Waals surface area contributed by atoms with E-state index in [9.17, 15) is 4.79 Å². The average molecular weight is 239 g/mol. The molecule has 0 spiro atoms. The lowest BCUT2D eigenvalue weighted by Gasteiger charge is -2.28. The molecule has 1 unspecified atom stereocenters. The minimum absolute atomic E-state index is 0.0456. The third kappa shape index (κ3) is 2.85. The van der Waals surface area contributed by atoms with Crippen molar-refractivity contribution in [3.63, 3.8) is 0 Å². The minimum atomic E-state index is 0.0456. The topological polar surface area (TPSA) is 29.1 Å². The first-order valence-corrected chi connectivity index (χ1v) is 6.47. The van der Waals surface area contributed by atoms with Gasteiger partial charge in [-0.2, -0.15) is 0 Å². The highest BCUT2D eigenvalue weighted by Crippen LogP contribution is 2.22. The van der Waals surface area contributed by atoms with E-state index in [1.807, 2.05) is 26.2 Å². The molecule has 90 valence electrons. The molecule has 1 amide bonds. The lowest BCUT2D eigenvalue weighted by atomic mass is 9.88. The first-order valence-electron chi connectivity index (χ1n) is 5.59. The van der Waals surface area contributed by atoms with Gasteiger partial charge in [0.15, 0.2) is 0 Å². The molecule has 0 aliphatic carbocycles. The van der Waals surface area contributed by atoms with E-state index in [4.69, 9.17) is 0 Å². The van der Waals surface area contributed by atoms with Crippen molar-refractivity contribution in [1.82, 2.24) is 5.32 Å². The Morgan fingerprint density at radius 2 is 1.94 bits per heavy atom. The van der Waals surface area contributed by atoms with Crippen LogP contribution in [0.2, 0.25) is 0 Å². The van der Waals surface area contributed by atoms with Crippen LogP contribution in [-0.4, -0.2) is 11.9 Å². The Hall–Kier alpha value is -0.830. The molecule has 16 heavy (non-hydrogen) atoms. The highest BCUT2D eigenvalue weighted by atomic mass is 32.1. The monoisotopic (exact) mass is 239 g/mol. The van der Waals surface area contributed by atoms with Gasteiger partial charge >= 0.3 is 0 Å². The van der Waals surface area contributed by atoms with Crippen LogP contribution in [0.1, 0.15) is 48.5 Å². The molecular formula is C13H21NOS. The second-order valence-corrected chi connectivity index (χ2v) is 6.48. The van der Waals surface area contributed by atoms with Crippen LogP contribution < -0.4 is 5.32 Å². The van der Waals surface area contributed by atoms with Crippen LogP contribution in [0.3, 0.4) is 0 Å². The Balaban J connectivity index is 2.78. The maximum Gasteiger partial charge on any atom is 0.252 e. The molecule has 1 N–H and O–H groups in total. The highest BCUT2D eigenvalue weighted by Gasteiger charge is 2.23. The molecule has 0 saturated carbocycles. The molecule has 1 heterocycles. The van der Waals surface area contributed by atoms with Gasteiger partial charge in [0.25, 0.3) is 5.91 Å². The molecule has 1 aromatic rings. The number of carbonyl (C=O) groups excluding carboxylic acids is 1. The lowest BCUT2D eigenvalue weighted by molar-refractivity contribution is 0.0910. The van der Waals surface area contributed by atoms with Gasteiger partial charge in [0.05, 0.1) is 5.56 Å². The van der Waals surface area contributed by atoms with E-state index in [-0.39, 0.29) is 17.4 Å². The van der Waals surface area contributed by atoms with Crippen molar-refractivity contribution in [3.8, 4) is 0 Å². The summed E-state index contributed by atoms with van der Waals surface area (Å²) in [5, 5.41) is 5.00. The van der Waals surface area contributed by atoms with E-state index in [0.29, 0.717) is 0 Å². The van der Waals surface area contributed by atoms with Gasteiger partial charge in [-0.3, -0.25) is 4.79 Å². The van der Waals surface area contributed by atoms with Crippen LogP contribution in [-0.2, 0) is 0 Å². The van der Waals surface area contributed by atoms with Crippen molar-refractivity contribution in [2.45, 2.75) is 47.6 Å². The second kappa shape index (κ2) is 4.58. The highest BCUT2D eigenvalue weighted by molar-refractivity contribution is 7.10. The van der Waals surface area contributed by atoms with Gasteiger partial charge in [0, 0.05) is 16.3 Å². The summed E-state index contributed by atoms with van der Waals surface area (Å²) in [6, 6.07) is 0.166. The predicted octanol–water partition coefficient (Wildman–Crippen LogP) is 3.53. The molecule has 0 bridgehead atoms. The van der Waals surface area contributed by atoms with E-state index in [1.165, 1.54) is 4.88 Å². The number of carbonyl (C=O) groups is 1. The average Bonchev–Trinajstić information content (AvgIpc) is 2.46. The van der Waals surface area contributed by atoms with Crippen molar-refractivity contribution in [2.75, 3.05) is 0 Å². The maximum absolute atomic E-state index is 12.0. The zero-order valence-corrected chi connectivity index (χ0v) is 11.8. The van der Waals surface area contributed by atoms with Crippen LogP contribution >= 0.6 is 11.3 Å². The van der Waals surface area contributed by atoms with Gasteiger partial charge < -0.3 is 5.32 Å². The number of rotatable bonds is 2. The second-order valence-electron chi connectivity index (χ2n) is 5.39. The number of nitrogens with one attached hydrogen (secondary N) is 1. The molecule has 0 aliphatic rings. The molecule has 1 rings (SSSR count). The number of hydrogen-bond acceptors (Lipinski definition) is 2. The first kappa shape index (κ1) is 13.2. The summed E-state index contributed by atoms with van der Waals surface area (Å²) in [6.45, 7) is 12.5. The Labute approximate surface area is 102 Å². The molecule has 2 nitrogen and oxygen atoms in total. The van der Waals surface area contributed by atoms with Gasteiger partial charge in [-0.15, -0.1) is 11.3 Å². The van der Waals surface area contributed by atoms with Crippen molar-refractivity contribution < 1.29 is 4.79 Å². The molecule has 1 aromatic heterocycles. The van der Waals surface area contributed by atoms with Crippen LogP contribution in [0.4, 0.5) is 0 Å². The number of aryl methyl sites for hydroxylation is 1. The molecule has 0 aliphatic heterocycles. The summed E-state index contributed by atoms with van der Waals surface area (Å²) in [7, 11) is 0. The summed E-state index contributed by atoms with van der Waals surface area (Å²) < 4.78 is 0. The van der Waals surface area contributed by atoms with E-state index >= 15 is 0 Å². The largest absolute Gasteiger partial charge is 0.349 e. The Bertz CT molecular complexity index is 387. The number of hydrogen-bond donors (Lipinski definition) is 1. The smallest absolute Gasteiger partial charge is 0.252 e. The molecule has 0 saturated heterocycles. The third-order valence-electron chi connectivity index (χ3n) is 3.18. The molecule has 1 atom stereocenters. The Kier molecular flexibility index (Phi) is 3.79. The maximum atomic E-state index is 12.0. The fraction of sp³-hybridized carbons (Fsp3) is 0.615. The standard InChI is InChI=1S/C13H21NOS/c1-8-9(2)16-7-11(8)12(15)14-10(3)13(4,5)6/h7,10H,1-6H3,(H,14,15). The van der Waals surface area contributed by atoms with E-state index in [2.05, 4.69) is 26.1 Å². The summed E-state index contributed by atoms with van der Waals surface area (Å²) in [5.41, 5.74) is 2.01. The zero-order chi connectivity index (χ0) is 12.5. The van der Waals surface area contributed by atoms with Crippen molar-refractivity contribution in [3.05, 3.63) is 21.4 Å². The van der Waals surface area contributed by atoms with Gasteiger partial charge in [0.2, 0.25) is 0 Å². The summed E-state index contributed by atoms with van der Waals surface area (Å²) in [6.07, 6.45) is 0. The van der Waals surface area contributed by atoms with Gasteiger partial charge in [-0.25, -0.2) is 0 Å². The van der Waals surface area contributed by atoms with Crippen molar-refractivity contribution >= 4 is 17.2 Å². The molecule has 0 aromatic carbocycles. The zero-order valence-electron chi connectivity index (χ0n) is 11.0. The molecule has 3 heteroatoms. The van der Waals surface area contributed by atoms with Gasteiger partial charge in [-0.1, -0.05) is 20.8 Å². The van der Waals surface area contributed by atoms with Crippen LogP contribution in [0.15, 0.2) is 5.38 Å². The minimum Gasteiger partial charge on any atom is -0.349 e. The summed E-state index contributed by atoms with van der Waals surface area (Å²) in [5.74, 6) is 0.0456.